The molecule has 0 saturated carbocycles. The second kappa shape index (κ2) is 4.77. The number of aromatic amines is 1. The van der Waals surface area contributed by atoms with Crippen molar-refractivity contribution in [1.29, 1.82) is 0 Å². The molecule has 8 nitrogen and oxygen atoms in total. The number of aromatic nitrogens is 6. The number of hydrogen-bond acceptors (Lipinski definition) is 6. The van der Waals surface area contributed by atoms with Gasteiger partial charge in [0.05, 0.1) is 10.5 Å². The summed E-state index contributed by atoms with van der Waals surface area (Å²) in [6.07, 6.45) is 4.57. The lowest BCUT2D eigenvalue weighted by molar-refractivity contribution is 0.602. The molecule has 0 spiro atoms. The predicted octanol–water partition coefficient (Wildman–Crippen LogP) is 0.671. The number of tetrazole rings is 1. The van der Waals surface area contributed by atoms with E-state index in [2.05, 4.69) is 25.6 Å². The fraction of sp³-hybridized carbons (Fsp3) is 0.167. The molecule has 0 bridgehead atoms. The van der Waals surface area contributed by atoms with E-state index in [4.69, 9.17) is 0 Å². The van der Waals surface area contributed by atoms with E-state index in [9.17, 15) is 8.42 Å². The molecule has 0 aliphatic carbocycles. The van der Waals surface area contributed by atoms with E-state index in [0.29, 0.717) is 17.0 Å². The van der Waals surface area contributed by atoms with Crippen molar-refractivity contribution in [3.63, 3.8) is 0 Å². The molecule has 3 aromatic rings. The van der Waals surface area contributed by atoms with Gasteiger partial charge in [-0.15, -0.1) is 10.2 Å². The summed E-state index contributed by atoms with van der Waals surface area (Å²) < 4.78 is 25.9. The number of benzene rings is 1. The molecule has 0 radical (unpaired) electrons. The first-order valence-corrected chi connectivity index (χ1v) is 7.92. The Morgan fingerprint density at radius 2 is 2.10 bits per heavy atom. The molecule has 1 N–H and O–H groups in total. The van der Waals surface area contributed by atoms with Crippen molar-refractivity contribution in [3.8, 4) is 22.8 Å². The molecule has 1 aromatic carbocycles. The summed E-state index contributed by atoms with van der Waals surface area (Å²) in [4.78, 5) is 4.40. The minimum Gasteiger partial charge on any atom is -0.334 e. The minimum absolute atomic E-state index is 0.143. The molecule has 0 atom stereocenters. The normalized spacial score (nSPS) is 11.7. The maximum atomic E-state index is 12.0. The van der Waals surface area contributed by atoms with Gasteiger partial charge in [-0.3, -0.25) is 0 Å². The van der Waals surface area contributed by atoms with Gasteiger partial charge in [-0.2, -0.15) is 5.21 Å². The zero-order valence-electron chi connectivity index (χ0n) is 11.3. The van der Waals surface area contributed by atoms with Crippen LogP contribution in [0.5, 0.6) is 0 Å². The summed E-state index contributed by atoms with van der Waals surface area (Å²) in [5.74, 6) is 0.842. The Labute approximate surface area is 120 Å². The summed E-state index contributed by atoms with van der Waals surface area (Å²) in [6, 6.07) is 4.97. The van der Waals surface area contributed by atoms with E-state index in [-0.39, 0.29) is 10.7 Å². The smallest absolute Gasteiger partial charge is 0.206 e. The zero-order chi connectivity index (χ0) is 15.0. The van der Waals surface area contributed by atoms with Gasteiger partial charge >= 0.3 is 0 Å². The van der Waals surface area contributed by atoms with Crippen LogP contribution in [0.15, 0.2) is 35.5 Å². The van der Waals surface area contributed by atoms with Crippen LogP contribution in [0.1, 0.15) is 0 Å². The number of rotatable bonds is 3. The quantitative estimate of drug-likeness (QED) is 0.762. The van der Waals surface area contributed by atoms with Gasteiger partial charge in [0.2, 0.25) is 5.82 Å². The third-order valence-electron chi connectivity index (χ3n) is 3.06. The van der Waals surface area contributed by atoms with E-state index in [1.165, 1.54) is 6.07 Å². The molecule has 2 aromatic heterocycles. The lowest BCUT2D eigenvalue weighted by Crippen LogP contribution is -2.04. The number of aryl methyl sites for hydroxylation is 1. The van der Waals surface area contributed by atoms with Crippen LogP contribution in [0.3, 0.4) is 0 Å². The van der Waals surface area contributed by atoms with Crippen LogP contribution in [-0.2, 0) is 16.9 Å². The van der Waals surface area contributed by atoms with Crippen molar-refractivity contribution in [2.45, 2.75) is 4.90 Å². The first-order valence-electron chi connectivity index (χ1n) is 6.03. The SMILES string of the molecule is Cn1ccnc1-c1cccc(S(C)(=O)=O)c1-c1nn[nH]n1. The topological polar surface area (TPSA) is 106 Å². The highest BCUT2D eigenvalue weighted by Gasteiger charge is 2.23. The second-order valence-corrected chi connectivity index (χ2v) is 6.53. The van der Waals surface area contributed by atoms with Crippen LogP contribution in [0.4, 0.5) is 0 Å². The zero-order valence-corrected chi connectivity index (χ0v) is 12.2. The lowest BCUT2D eigenvalue weighted by atomic mass is 10.1. The van der Waals surface area contributed by atoms with Crippen molar-refractivity contribution >= 4 is 9.84 Å². The van der Waals surface area contributed by atoms with E-state index >= 15 is 0 Å². The molecule has 0 saturated heterocycles. The van der Waals surface area contributed by atoms with E-state index < -0.39 is 9.84 Å². The average molecular weight is 304 g/mol. The summed E-state index contributed by atoms with van der Waals surface area (Å²) in [6.45, 7) is 0. The molecule has 0 fully saturated rings. The third-order valence-corrected chi connectivity index (χ3v) is 4.20. The highest BCUT2D eigenvalue weighted by atomic mass is 32.2. The molecule has 21 heavy (non-hydrogen) atoms. The molecule has 9 heteroatoms. The molecule has 0 unspecified atom stereocenters. The molecular formula is C12H12N6O2S. The minimum atomic E-state index is -3.44. The fourth-order valence-electron chi connectivity index (χ4n) is 2.15. The van der Waals surface area contributed by atoms with Gasteiger partial charge in [0.1, 0.15) is 5.82 Å². The molecule has 0 amide bonds. The number of imidazole rings is 1. The van der Waals surface area contributed by atoms with Crippen LogP contribution in [0, 0.1) is 0 Å². The standard InChI is InChI=1S/C12H12N6O2S/c1-18-7-6-13-12(18)8-4-3-5-9(21(2,19)20)10(8)11-14-16-17-15-11/h3-7H,1-2H3,(H,14,15,16,17). The van der Waals surface area contributed by atoms with Crippen molar-refractivity contribution in [2.75, 3.05) is 6.26 Å². The number of nitrogens with zero attached hydrogens (tertiary/aromatic N) is 5. The Balaban J connectivity index is 2.39. The van der Waals surface area contributed by atoms with Crippen molar-refractivity contribution < 1.29 is 8.42 Å². The summed E-state index contributed by atoms with van der Waals surface area (Å²) in [5.41, 5.74) is 1.02. The van der Waals surface area contributed by atoms with Gasteiger partial charge in [-0.1, -0.05) is 12.1 Å². The molecular weight excluding hydrogens is 292 g/mol. The van der Waals surface area contributed by atoms with E-state index in [1.807, 2.05) is 7.05 Å². The summed E-state index contributed by atoms with van der Waals surface area (Å²) in [7, 11) is -1.62. The van der Waals surface area contributed by atoms with Crippen molar-refractivity contribution in [1.82, 2.24) is 30.2 Å². The second-order valence-electron chi connectivity index (χ2n) is 4.55. The van der Waals surface area contributed by atoms with Crippen LogP contribution in [-0.4, -0.2) is 44.8 Å². The maximum absolute atomic E-state index is 12.0. The Bertz CT molecular complexity index is 882. The molecule has 2 heterocycles. The lowest BCUT2D eigenvalue weighted by Gasteiger charge is -2.10. The number of sulfone groups is 1. The number of H-pyrrole nitrogens is 1. The summed E-state index contributed by atoms with van der Waals surface area (Å²) in [5, 5.41) is 13.7. The Morgan fingerprint density at radius 1 is 1.29 bits per heavy atom. The largest absolute Gasteiger partial charge is 0.334 e. The first-order chi connectivity index (χ1) is 9.98. The molecule has 3 rings (SSSR count). The van der Waals surface area contributed by atoms with E-state index in [1.54, 1.807) is 29.1 Å². The number of nitrogens with one attached hydrogen (secondary N) is 1. The highest BCUT2D eigenvalue weighted by Crippen LogP contribution is 2.34. The van der Waals surface area contributed by atoms with Crippen molar-refractivity contribution in [3.05, 3.63) is 30.6 Å². The van der Waals surface area contributed by atoms with Gasteiger partial charge in [0.15, 0.2) is 9.84 Å². The van der Waals surface area contributed by atoms with Gasteiger partial charge in [0.25, 0.3) is 0 Å². The Morgan fingerprint density at radius 3 is 2.67 bits per heavy atom. The maximum Gasteiger partial charge on any atom is 0.206 e. The highest BCUT2D eigenvalue weighted by molar-refractivity contribution is 7.90. The molecule has 0 aliphatic rings. The summed E-state index contributed by atoms with van der Waals surface area (Å²) >= 11 is 0. The Hall–Kier alpha value is -2.55. The van der Waals surface area contributed by atoms with Gasteiger partial charge in [0, 0.05) is 31.3 Å². The number of hydrogen-bond donors (Lipinski definition) is 1. The van der Waals surface area contributed by atoms with E-state index in [0.717, 1.165) is 6.26 Å². The third kappa shape index (κ3) is 2.31. The molecule has 0 aliphatic heterocycles. The molecule has 108 valence electrons. The Kier molecular flexibility index (Phi) is 3.05. The van der Waals surface area contributed by atoms with Gasteiger partial charge in [-0.25, -0.2) is 13.4 Å². The van der Waals surface area contributed by atoms with Crippen LogP contribution in [0.2, 0.25) is 0 Å². The van der Waals surface area contributed by atoms with Gasteiger partial charge in [-0.05, 0) is 11.3 Å². The fourth-order valence-corrected chi connectivity index (χ4v) is 3.05. The van der Waals surface area contributed by atoms with Crippen molar-refractivity contribution in [2.24, 2.45) is 7.05 Å². The predicted molar refractivity (Wildman–Crippen MR) is 74.9 cm³/mol. The van der Waals surface area contributed by atoms with Crippen LogP contribution >= 0.6 is 0 Å². The monoisotopic (exact) mass is 304 g/mol. The van der Waals surface area contributed by atoms with Crippen LogP contribution in [0.25, 0.3) is 22.8 Å². The van der Waals surface area contributed by atoms with Crippen LogP contribution < -0.4 is 0 Å². The average Bonchev–Trinajstić information content (AvgIpc) is 3.07. The van der Waals surface area contributed by atoms with Gasteiger partial charge < -0.3 is 4.57 Å². The first kappa shape index (κ1) is 13.4.